The first kappa shape index (κ1) is 19.1. The van der Waals surface area contributed by atoms with Crippen molar-refractivity contribution in [2.45, 2.75) is 37.8 Å². The molecule has 0 aliphatic carbocycles. The normalized spacial score (nSPS) is 19.7. The molecular weight excluding hydrogens is 368 g/mol. The van der Waals surface area contributed by atoms with Gasteiger partial charge in [0.1, 0.15) is 0 Å². The third-order valence-electron chi connectivity index (χ3n) is 5.65. The lowest BCUT2D eigenvalue weighted by atomic mass is 9.96. The van der Waals surface area contributed by atoms with Crippen LogP contribution in [0.1, 0.15) is 42.5 Å². The minimum atomic E-state index is -0.389. The maximum Gasteiger partial charge on any atom is 0.253 e. The summed E-state index contributed by atoms with van der Waals surface area (Å²) in [5.41, 5.74) is 1.05. The molecule has 0 spiro atoms. The fraction of sp³-hybridized carbons (Fsp3) is 0.476. The summed E-state index contributed by atoms with van der Waals surface area (Å²) in [6, 6.07) is 5.50. The molecular formula is C21H24N6O2. The van der Waals surface area contributed by atoms with Gasteiger partial charge in [0.25, 0.3) is 5.91 Å². The summed E-state index contributed by atoms with van der Waals surface area (Å²) in [5.74, 6) is 2.34. The summed E-state index contributed by atoms with van der Waals surface area (Å²) >= 11 is 0. The highest BCUT2D eigenvalue weighted by molar-refractivity contribution is 5.98. The first-order valence-electron chi connectivity index (χ1n) is 9.98. The van der Waals surface area contributed by atoms with Crippen molar-refractivity contribution in [2.24, 2.45) is 16.1 Å². The number of carbonyl (C=O) groups excluding carboxylic acids is 2. The number of nitrogens with zero attached hydrogens (tertiary/aromatic N) is 4. The van der Waals surface area contributed by atoms with Gasteiger partial charge in [0.2, 0.25) is 5.91 Å². The summed E-state index contributed by atoms with van der Waals surface area (Å²) in [6.07, 6.45) is 10.6. The molecule has 2 aliphatic rings. The molecule has 1 aromatic carbocycles. The van der Waals surface area contributed by atoms with Gasteiger partial charge in [0.15, 0.2) is 5.66 Å². The Bertz CT molecular complexity index is 982. The van der Waals surface area contributed by atoms with Crippen LogP contribution in [0.2, 0.25) is 0 Å². The summed E-state index contributed by atoms with van der Waals surface area (Å²) in [4.78, 5) is 27.3. The standard InChI is InChI=1S/C21H24N6O2/c1-2-3-8-21(25-26-21)9-10-22-19(28)17-5-4-11-27(14-17)20(29)15-6-7-16-13-23-24-18(16)12-15/h1,6-7,12-13,17H,3-5,8-11,14H2,(H,22,28)(H,23,24). The third kappa shape index (κ3) is 4.29. The topological polar surface area (TPSA) is 103 Å². The van der Waals surface area contributed by atoms with Gasteiger partial charge in [-0.3, -0.25) is 14.7 Å². The number of terminal acetylenes is 1. The Morgan fingerprint density at radius 1 is 1.34 bits per heavy atom. The molecule has 1 unspecified atom stereocenters. The summed E-state index contributed by atoms with van der Waals surface area (Å²) < 4.78 is 0. The predicted octanol–water partition coefficient (Wildman–Crippen LogP) is 2.50. The Morgan fingerprint density at radius 2 is 2.21 bits per heavy atom. The smallest absolute Gasteiger partial charge is 0.253 e. The van der Waals surface area contributed by atoms with Crippen LogP contribution in [-0.4, -0.2) is 52.2 Å². The van der Waals surface area contributed by atoms with Crippen LogP contribution in [0.15, 0.2) is 34.6 Å². The zero-order valence-electron chi connectivity index (χ0n) is 16.2. The molecule has 0 saturated carbocycles. The highest BCUT2D eigenvalue weighted by Gasteiger charge is 2.39. The molecule has 1 atom stereocenters. The molecule has 2 amide bonds. The number of carbonyl (C=O) groups is 2. The van der Waals surface area contributed by atoms with Crippen LogP contribution in [0.4, 0.5) is 0 Å². The van der Waals surface area contributed by atoms with Gasteiger partial charge in [0.05, 0.1) is 17.6 Å². The SMILES string of the molecule is C#CCCC1(CCNC(=O)C2CCCN(C(=O)c3ccc4cn[nH]c4c3)C2)N=N1. The largest absolute Gasteiger partial charge is 0.356 e. The van der Waals surface area contributed by atoms with Crippen LogP contribution >= 0.6 is 0 Å². The Labute approximate surface area is 169 Å². The number of nitrogens with one attached hydrogen (secondary N) is 2. The number of piperidine rings is 1. The molecule has 2 N–H and O–H groups in total. The zero-order chi connectivity index (χ0) is 20.3. The van der Waals surface area contributed by atoms with E-state index in [1.54, 1.807) is 11.1 Å². The molecule has 8 nitrogen and oxygen atoms in total. The van der Waals surface area contributed by atoms with Crippen molar-refractivity contribution in [3.8, 4) is 12.3 Å². The van der Waals surface area contributed by atoms with Crippen molar-refractivity contribution in [1.82, 2.24) is 20.4 Å². The molecule has 0 radical (unpaired) electrons. The number of H-pyrrole nitrogens is 1. The van der Waals surface area contributed by atoms with E-state index in [2.05, 4.69) is 31.7 Å². The maximum absolute atomic E-state index is 12.9. The van der Waals surface area contributed by atoms with E-state index >= 15 is 0 Å². The molecule has 1 fully saturated rings. The highest BCUT2D eigenvalue weighted by Crippen LogP contribution is 2.36. The van der Waals surface area contributed by atoms with E-state index in [4.69, 9.17) is 6.42 Å². The minimum absolute atomic E-state index is 0.0146. The number of rotatable bonds is 7. The second kappa shape index (κ2) is 8.03. The van der Waals surface area contributed by atoms with Crippen LogP contribution in [0, 0.1) is 18.3 Å². The average Bonchev–Trinajstić information content (AvgIpc) is 3.36. The van der Waals surface area contributed by atoms with Gasteiger partial charge in [0, 0.05) is 49.8 Å². The van der Waals surface area contributed by atoms with E-state index in [0.717, 1.165) is 30.2 Å². The molecule has 0 bridgehead atoms. The van der Waals surface area contributed by atoms with E-state index in [9.17, 15) is 9.59 Å². The summed E-state index contributed by atoms with van der Waals surface area (Å²) in [7, 11) is 0. The average molecular weight is 392 g/mol. The number of likely N-dealkylation sites (tertiary alicyclic amines) is 1. The van der Waals surface area contributed by atoms with Crippen LogP contribution in [0.5, 0.6) is 0 Å². The Balaban J connectivity index is 1.30. The van der Waals surface area contributed by atoms with Crippen LogP contribution in [0.25, 0.3) is 10.9 Å². The Hall–Kier alpha value is -3.21. The van der Waals surface area contributed by atoms with E-state index in [1.807, 2.05) is 18.2 Å². The second-order valence-electron chi connectivity index (χ2n) is 7.69. The highest BCUT2D eigenvalue weighted by atomic mass is 16.2. The first-order chi connectivity index (χ1) is 14.1. The molecule has 4 rings (SSSR count). The summed E-state index contributed by atoms with van der Waals surface area (Å²) in [5, 5.41) is 19.0. The van der Waals surface area contributed by atoms with Gasteiger partial charge >= 0.3 is 0 Å². The van der Waals surface area contributed by atoms with Crippen molar-refractivity contribution in [1.29, 1.82) is 0 Å². The minimum Gasteiger partial charge on any atom is -0.356 e. The molecule has 150 valence electrons. The molecule has 2 aromatic rings. The van der Waals surface area contributed by atoms with E-state index in [-0.39, 0.29) is 23.4 Å². The lowest BCUT2D eigenvalue weighted by molar-refractivity contribution is -0.126. The number of aromatic amines is 1. The quantitative estimate of drug-likeness (QED) is 0.708. The zero-order valence-corrected chi connectivity index (χ0v) is 16.2. The number of fused-ring (bicyclic) bond motifs is 1. The lowest BCUT2D eigenvalue weighted by Crippen LogP contribution is -2.45. The van der Waals surface area contributed by atoms with Crippen LogP contribution in [-0.2, 0) is 4.79 Å². The number of hydrogen-bond donors (Lipinski definition) is 2. The van der Waals surface area contributed by atoms with E-state index in [0.29, 0.717) is 38.0 Å². The monoisotopic (exact) mass is 392 g/mol. The van der Waals surface area contributed by atoms with Crippen molar-refractivity contribution in [3.63, 3.8) is 0 Å². The molecule has 3 heterocycles. The van der Waals surface area contributed by atoms with Gasteiger partial charge in [-0.05, 0) is 25.0 Å². The van der Waals surface area contributed by atoms with Crippen molar-refractivity contribution in [2.75, 3.05) is 19.6 Å². The molecule has 1 aromatic heterocycles. The fourth-order valence-electron chi connectivity index (χ4n) is 3.83. The van der Waals surface area contributed by atoms with Crippen LogP contribution < -0.4 is 5.32 Å². The van der Waals surface area contributed by atoms with E-state index < -0.39 is 0 Å². The lowest BCUT2D eigenvalue weighted by Gasteiger charge is -2.32. The van der Waals surface area contributed by atoms with Gasteiger partial charge in [-0.1, -0.05) is 6.07 Å². The van der Waals surface area contributed by atoms with Crippen LogP contribution in [0.3, 0.4) is 0 Å². The first-order valence-corrected chi connectivity index (χ1v) is 9.98. The maximum atomic E-state index is 12.9. The summed E-state index contributed by atoms with van der Waals surface area (Å²) in [6.45, 7) is 1.61. The second-order valence-corrected chi connectivity index (χ2v) is 7.69. The Kier molecular flexibility index (Phi) is 5.30. The van der Waals surface area contributed by atoms with Crippen molar-refractivity contribution in [3.05, 3.63) is 30.0 Å². The van der Waals surface area contributed by atoms with Gasteiger partial charge in [-0.25, -0.2) is 0 Å². The van der Waals surface area contributed by atoms with Gasteiger partial charge in [-0.15, -0.1) is 12.3 Å². The number of aromatic nitrogens is 2. The number of amides is 2. The van der Waals surface area contributed by atoms with Crippen molar-refractivity contribution < 1.29 is 9.59 Å². The van der Waals surface area contributed by atoms with Gasteiger partial charge in [-0.2, -0.15) is 15.3 Å². The van der Waals surface area contributed by atoms with E-state index in [1.165, 1.54) is 0 Å². The number of benzene rings is 1. The molecule has 8 heteroatoms. The predicted molar refractivity (Wildman–Crippen MR) is 108 cm³/mol. The fourth-order valence-corrected chi connectivity index (χ4v) is 3.83. The third-order valence-corrected chi connectivity index (χ3v) is 5.65. The van der Waals surface area contributed by atoms with Gasteiger partial charge < -0.3 is 10.2 Å². The number of hydrogen-bond acceptors (Lipinski definition) is 5. The van der Waals surface area contributed by atoms with Crippen molar-refractivity contribution >= 4 is 22.7 Å². The molecule has 1 saturated heterocycles. The molecule has 2 aliphatic heterocycles. The molecule has 29 heavy (non-hydrogen) atoms. The Morgan fingerprint density at radius 3 is 3.00 bits per heavy atom.